The molecule has 1 aromatic heterocycles. The summed E-state index contributed by atoms with van der Waals surface area (Å²) in [7, 11) is 1.66. The third-order valence-corrected chi connectivity index (χ3v) is 7.12. The van der Waals surface area contributed by atoms with E-state index in [0.717, 1.165) is 86.2 Å². The van der Waals surface area contributed by atoms with E-state index in [-0.39, 0.29) is 5.91 Å². The van der Waals surface area contributed by atoms with Gasteiger partial charge in [0.15, 0.2) is 0 Å². The van der Waals surface area contributed by atoms with Gasteiger partial charge in [0.2, 0.25) is 5.91 Å². The summed E-state index contributed by atoms with van der Waals surface area (Å²) < 4.78 is 10.8. The molecule has 32 heavy (non-hydrogen) atoms. The molecule has 3 aliphatic heterocycles. The van der Waals surface area contributed by atoms with E-state index in [2.05, 4.69) is 4.90 Å². The standard InChI is InChI=1S/C25H32N4O3/c1-17-22-14-23(30)29(15-18-5-7-21(31-2)8-6-18)25(22)27-24(26-17)19-4-3-11-28(16-19)20-9-12-32-13-10-20/h5-8,19-20H,3-4,9-16H2,1-2H3/t19-/m0/s1. The van der Waals surface area contributed by atoms with Crippen LogP contribution >= 0.6 is 0 Å². The molecule has 170 valence electrons. The number of nitrogens with zero attached hydrogens (tertiary/aromatic N) is 4. The van der Waals surface area contributed by atoms with Crippen molar-refractivity contribution in [1.82, 2.24) is 14.9 Å². The number of carbonyl (C=O) groups excluding carboxylic acids is 1. The number of piperidine rings is 1. The second-order valence-corrected chi connectivity index (χ2v) is 9.15. The zero-order valence-corrected chi connectivity index (χ0v) is 19.0. The second kappa shape index (κ2) is 9.16. The number of fused-ring (bicyclic) bond motifs is 1. The van der Waals surface area contributed by atoms with E-state index in [0.29, 0.717) is 24.9 Å². The van der Waals surface area contributed by atoms with Crippen LogP contribution in [0.25, 0.3) is 0 Å². The molecule has 0 N–H and O–H groups in total. The van der Waals surface area contributed by atoms with Gasteiger partial charge in [-0.1, -0.05) is 12.1 Å². The molecule has 7 heteroatoms. The minimum absolute atomic E-state index is 0.0952. The predicted molar refractivity (Wildman–Crippen MR) is 122 cm³/mol. The fourth-order valence-electron chi connectivity index (χ4n) is 5.26. The van der Waals surface area contributed by atoms with Gasteiger partial charge in [0.25, 0.3) is 0 Å². The average molecular weight is 437 g/mol. The third kappa shape index (κ3) is 4.24. The number of ether oxygens (including phenoxy) is 2. The SMILES string of the molecule is COc1ccc(CN2C(=O)Cc3c(C)nc([C@H]4CCCN(C5CCOCC5)C4)nc32)cc1. The number of likely N-dealkylation sites (tertiary alicyclic amines) is 1. The highest BCUT2D eigenvalue weighted by Crippen LogP contribution is 2.34. The quantitative estimate of drug-likeness (QED) is 0.717. The van der Waals surface area contributed by atoms with Gasteiger partial charge in [-0.15, -0.1) is 0 Å². The zero-order valence-electron chi connectivity index (χ0n) is 19.0. The fourth-order valence-corrected chi connectivity index (χ4v) is 5.26. The zero-order chi connectivity index (χ0) is 22.1. The maximum atomic E-state index is 12.9. The van der Waals surface area contributed by atoms with Gasteiger partial charge in [-0.25, -0.2) is 9.97 Å². The molecule has 1 amide bonds. The molecule has 3 aliphatic rings. The first kappa shape index (κ1) is 21.3. The molecule has 2 aromatic rings. The third-order valence-electron chi connectivity index (χ3n) is 7.12. The number of hydrogen-bond acceptors (Lipinski definition) is 6. The van der Waals surface area contributed by atoms with Gasteiger partial charge in [0.05, 0.1) is 20.1 Å². The maximum absolute atomic E-state index is 12.9. The van der Waals surface area contributed by atoms with Crippen LogP contribution in [0.15, 0.2) is 24.3 Å². The summed E-state index contributed by atoms with van der Waals surface area (Å²) in [5, 5.41) is 0. The number of hydrogen-bond donors (Lipinski definition) is 0. The lowest BCUT2D eigenvalue weighted by atomic mass is 9.94. The highest BCUT2D eigenvalue weighted by atomic mass is 16.5. The number of carbonyl (C=O) groups is 1. The minimum Gasteiger partial charge on any atom is -0.497 e. The molecule has 1 aromatic carbocycles. The Bertz CT molecular complexity index is 972. The number of aryl methyl sites for hydroxylation is 1. The fraction of sp³-hybridized carbons (Fsp3) is 0.560. The summed E-state index contributed by atoms with van der Waals surface area (Å²) in [6.07, 6.45) is 4.87. The number of aromatic nitrogens is 2. The largest absolute Gasteiger partial charge is 0.497 e. The van der Waals surface area contributed by atoms with E-state index in [1.165, 1.54) is 0 Å². The van der Waals surface area contributed by atoms with Gasteiger partial charge in [0.1, 0.15) is 17.4 Å². The molecular weight excluding hydrogens is 404 g/mol. The molecule has 1 atom stereocenters. The molecule has 5 rings (SSSR count). The van der Waals surface area contributed by atoms with Crippen LogP contribution in [0.4, 0.5) is 5.82 Å². The van der Waals surface area contributed by atoms with Crippen LogP contribution in [0.2, 0.25) is 0 Å². The Balaban J connectivity index is 1.37. The minimum atomic E-state index is 0.0952. The molecule has 7 nitrogen and oxygen atoms in total. The van der Waals surface area contributed by atoms with Crippen LogP contribution in [0.3, 0.4) is 0 Å². The molecule has 2 fully saturated rings. The topological polar surface area (TPSA) is 67.8 Å². The number of rotatable bonds is 5. The van der Waals surface area contributed by atoms with Crippen LogP contribution in [0.1, 0.15) is 54.2 Å². The molecule has 0 unspecified atom stereocenters. The van der Waals surface area contributed by atoms with Crippen LogP contribution < -0.4 is 9.64 Å². The van der Waals surface area contributed by atoms with Gasteiger partial charge >= 0.3 is 0 Å². The summed E-state index contributed by atoms with van der Waals surface area (Å²) in [4.78, 5) is 27.2. The van der Waals surface area contributed by atoms with Crippen molar-refractivity contribution in [2.24, 2.45) is 0 Å². The lowest BCUT2D eigenvalue weighted by molar-refractivity contribution is -0.117. The first-order valence-electron chi connectivity index (χ1n) is 11.7. The normalized spacial score (nSPS) is 22.2. The Kier molecular flexibility index (Phi) is 6.11. The molecule has 4 heterocycles. The number of amides is 1. The van der Waals surface area contributed by atoms with Crippen LogP contribution in [0, 0.1) is 6.92 Å². The van der Waals surface area contributed by atoms with E-state index in [1.807, 2.05) is 36.1 Å². The van der Waals surface area contributed by atoms with Crippen molar-refractivity contribution < 1.29 is 14.3 Å². The smallest absolute Gasteiger partial charge is 0.233 e. The molecule has 0 bridgehead atoms. The van der Waals surface area contributed by atoms with Crippen LogP contribution in [0.5, 0.6) is 5.75 Å². The van der Waals surface area contributed by atoms with Crippen molar-refractivity contribution in [2.75, 3.05) is 38.3 Å². The van der Waals surface area contributed by atoms with Gasteiger partial charge in [-0.3, -0.25) is 14.6 Å². The number of benzene rings is 1. The monoisotopic (exact) mass is 436 g/mol. The number of methoxy groups -OCH3 is 1. The highest BCUT2D eigenvalue weighted by Gasteiger charge is 2.34. The molecule has 0 saturated carbocycles. The van der Waals surface area contributed by atoms with Crippen molar-refractivity contribution >= 4 is 11.7 Å². The van der Waals surface area contributed by atoms with E-state index in [4.69, 9.17) is 19.4 Å². The van der Waals surface area contributed by atoms with Crippen molar-refractivity contribution in [3.8, 4) is 5.75 Å². The summed E-state index contributed by atoms with van der Waals surface area (Å²) in [5.41, 5.74) is 2.98. The summed E-state index contributed by atoms with van der Waals surface area (Å²) in [5.74, 6) is 2.92. The lowest BCUT2D eigenvalue weighted by Gasteiger charge is -2.39. The van der Waals surface area contributed by atoms with E-state index >= 15 is 0 Å². The Morgan fingerprint density at radius 1 is 1.12 bits per heavy atom. The van der Waals surface area contributed by atoms with Gasteiger partial charge in [-0.2, -0.15) is 0 Å². The Hall–Kier alpha value is -2.51. The van der Waals surface area contributed by atoms with E-state index in [9.17, 15) is 4.79 Å². The van der Waals surface area contributed by atoms with Gasteiger partial charge in [-0.05, 0) is 56.8 Å². The molecule has 0 aliphatic carbocycles. The number of anilines is 1. The molecule has 0 spiro atoms. The maximum Gasteiger partial charge on any atom is 0.233 e. The van der Waals surface area contributed by atoms with Gasteiger partial charge < -0.3 is 9.47 Å². The van der Waals surface area contributed by atoms with E-state index in [1.54, 1.807) is 7.11 Å². The Morgan fingerprint density at radius 2 is 1.91 bits per heavy atom. The molecule has 0 radical (unpaired) electrons. The highest BCUT2D eigenvalue weighted by molar-refractivity contribution is 6.00. The summed E-state index contributed by atoms with van der Waals surface area (Å²) in [6.45, 7) is 6.41. The van der Waals surface area contributed by atoms with Crippen molar-refractivity contribution in [3.05, 3.63) is 46.9 Å². The predicted octanol–water partition coefficient (Wildman–Crippen LogP) is 3.24. The molecular formula is C25H32N4O3. The molecule has 2 saturated heterocycles. The van der Waals surface area contributed by atoms with Crippen LogP contribution in [-0.2, 0) is 22.5 Å². The second-order valence-electron chi connectivity index (χ2n) is 9.15. The van der Waals surface area contributed by atoms with E-state index < -0.39 is 0 Å². The van der Waals surface area contributed by atoms with Gasteiger partial charge in [0, 0.05) is 43.0 Å². The Labute approximate surface area is 189 Å². The summed E-state index contributed by atoms with van der Waals surface area (Å²) in [6, 6.07) is 8.48. The first-order chi connectivity index (χ1) is 15.6. The lowest BCUT2D eigenvalue weighted by Crippen LogP contribution is -2.44. The van der Waals surface area contributed by atoms with Crippen LogP contribution in [-0.4, -0.2) is 60.2 Å². The van der Waals surface area contributed by atoms with Crippen molar-refractivity contribution in [1.29, 1.82) is 0 Å². The first-order valence-corrected chi connectivity index (χ1v) is 11.7. The van der Waals surface area contributed by atoms with Crippen molar-refractivity contribution in [2.45, 2.75) is 57.5 Å². The Morgan fingerprint density at radius 3 is 2.66 bits per heavy atom. The summed E-state index contributed by atoms with van der Waals surface area (Å²) >= 11 is 0. The average Bonchev–Trinajstić information content (AvgIpc) is 3.16. The van der Waals surface area contributed by atoms with Crippen molar-refractivity contribution in [3.63, 3.8) is 0 Å².